The Morgan fingerprint density at radius 2 is 1.96 bits per heavy atom. The summed E-state index contributed by atoms with van der Waals surface area (Å²) in [6.45, 7) is 0.472. The highest BCUT2D eigenvalue weighted by Crippen LogP contribution is 2.23. The molecule has 0 unspecified atom stereocenters. The van der Waals surface area contributed by atoms with E-state index in [1.54, 1.807) is 25.5 Å². The number of methoxy groups -OCH3 is 1. The normalized spacial score (nSPS) is 10.2. The van der Waals surface area contributed by atoms with E-state index >= 15 is 0 Å². The SMILES string of the molecule is COc1ccccc1NC(=O)c1cnc(NCc2ccco2)nc1. The van der Waals surface area contributed by atoms with Crippen molar-refractivity contribution in [1.29, 1.82) is 0 Å². The second kappa shape index (κ2) is 7.28. The summed E-state index contributed by atoms with van der Waals surface area (Å²) in [4.78, 5) is 20.5. The summed E-state index contributed by atoms with van der Waals surface area (Å²) in [7, 11) is 1.55. The predicted molar refractivity (Wildman–Crippen MR) is 89.0 cm³/mol. The van der Waals surface area contributed by atoms with Gasteiger partial charge in [0.2, 0.25) is 5.95 Å². The summed E-state index contributed by atoms with van der Waals surface area (Å²) in [5, 5.41) is 5.79. The van der Waals surface area contributed by atoms with Gasteiger partial charge in [0.25, 0.3) is 5.91 Å². The number of carbonyl (C=O) groups excluding carboxylic acids is 1. The molecule has 7 heteroatoms. The molecule has 3 rings (SSSR count). The number of ether oxygens (including phenoxy) is 1. The minimum atomic E-state index is -0.308. The third-order valence-corrected chi connectivity index (χ3v) is 3.27. The Morgan fingerprint density at radius 1 is 1.17 bits per heavy atom. The third-order valence-electron chi connectivity index (χ3n) is 3.27. The van der Waals surface area contributed by atoms with E-state index in [2.05, 4.69) is 20.6 Å². The Balaban J connectivity index is 1.63. The molecule has 0 aliphatic rings. The number of hydrogen-bond acceptors (Lipinski definition) is 6. The van der Waals surface area contributed by atoms with Crippen LogP contribution >= 0.6 is 0 Å². The molecule has 122 valence electrons. The van der Waals surface area contributed by atoms with Gasteiger partial charge in [-0.15, -0.1) is 0 Å². The molecule has 3 aromatic rings. The number of nitrogens with one attached hydrogen (secondary N) is 2. The van der Waals surface area contributed by atoms with Crippen LogP contribution in [-0.4, -0.2) is 23.0 Å². The van der Waals surface area contributed by atoms with Crippen molar-refractivity contribution in [3.05, 3.63) is 66.4 Å². The molecular weight excluding hydrogens is 308 g/mol. The zero-order valence-electron chi connectivity index (χ0n) is 13.0. The molecule has 2 N–H and O–H groups in total. The quantitative estimate of drug-likeness (QED) is 0.724. The van der Waals surface area contributed by atoms with Gasteiger partial charge in [0.05, 0.1) is 31.2 Å². The largest absolute Gasteiger partial charge is 0.495 e. The summed E-state index contributed by atoms with van der Waals surface area (Å²) in [5.41, 5.74) is 0.939. The number of rotatable bonds is 6. The summed E-state index contributed by atoms with van der Waals surface area (Å²) >= 11 is 0. The lowest BCUT2D eigenvalue weighted by atomic mass is 10.2. The fraction of sp³-hybridized carbons (Fsp3) is 0.118. The first-order valence-electron chi connectivity index (χ1n) is 7.29. The van der Waals surface area contributed by atoms with E-state index < -0.39 is 0 Å². The second-order valence-corrected chi connectivity index (χ2v) is 4.88. The number of hydrogen-bond donors (Lipinski definition) is 2. The lowest BCUT2D eigenvalue weighted by Gasteiger charge is -2.09. The van der Waals surface area contributed by atoms with Gasteiger partial charge in [0.15, 0.2) is 0 Å². The van der Waals surface area contributed by atoms with Crippen LogP contribution in [-0.2, 0) is 6.54 Å². The van der Waals surface area contributed by atoms with Crippen LogP contribution in [0.4, 0.5) is 11.6 Å². The summed E-state index contributed by atoms with van der Waals surface area (Å²) in [5.74, 6) is 1.47. The smallest absolute Gasteiger partial charge is 0.258 e. The van der Waals surface area contributed by atoms with Gasteiger partial charge in [-0.05, 0) is 24.3 Å². The van der Waals surface area contributed by atoms with E-state index in [0.29, 0.717) is 29.5 Å². The van der Waals surface area contributed by atoms with Crippen molar-refractivity contribution in [3.63, 3.8) is 0 Å². The molecule has 0 saturated carbocycles. The first kappa shape index (κ1) is 15.5. The molecule has 7 nitrogen and oxygen atoms in total. The maximum absolute atomic E-state index is 12.3. The van der Waals surface area contributed by atoms with Crippen LogP contribution in [0, 0.1) is 0 Å². The Hall–Kier alpha value is -3.35. The first-order valence-corrected chi connectivity index (χ1v) is 7.29. The van der Waals surface area contributed by atoms with Crippen LogP contribution in [0.15, 0.2) is 59.5 Å². The van der Waals surface area contributed by atoms with Gasteiger partial charge in [-0.2, -0.15) is 0 Å². The number of benzene rings is 1. The van der Waals surface area contributed by atoms with E-state index in [-0.39, 0.29) is 5.91 Å². The molecule has 0 spiro atoms. The molecule has 1 aromatic carbocycles. The van der Waals surface area contributed by atoms with Gasteiger partial charge in [0.1, 0.15) is 11.5 Å². The molecule has 0 fully saturated rings. The topological polar surface area (TPSA) is 89.3 Å². The van der Waals surface area contributed by atoms with Gasteiger partial charge in [-0.25, -0.2) is 9.97 Å². The number of para-hydroxylation sites is 2. The fourth-order valence-electron chi connectivity index (χ4n) is 2.06. The average molecular weight is 324 g/mol. The van der Waals surface area contributed by atoms with Crippen LogP contribution in [0.25, 0.3) is 0 Å². The number of aromatic nitrogens is 2. The van der Waals surface area contributed by atoms with E-state index in [1.165, 1.54) is 12.4 Å². The van der Waals surface area contributed by atoms with E-state index in [0.717, 1.165) is 5.76 Å². The van der Waals surface area contributed by atoms with Crippen LogP contribution in [0.1, 0.15) is 16.1 Å². The van der Waals surface area contributed by atoms with Crippen LogP contribution < -0.4 is 15.4 Å². The van der Waals surface area contributed by atoms with Crippen molar-refractivity contribution in [1.82, 2.24) is 9.97 Å². The second-order valence-electron chi connectivity index (χ2n) is 4.88. The zero-order valence-corrected chi connectivity index (χ0v) is 13.0. The molecule has 0 aliphatic carbocycles. The van der Waals surface area contributed by atoms with E-state index in [4.69, 9.17) is 9.15 Å². The lowest BCUT2D eigenvalue weighted by molar-refractivity contribution is 0.102. The van der Waals surface area contributed by atoms with Crippen molar-refractivity contribution >= 4 is 17.5 Å². The summed E-state index contributed by atoms with van der Waals surface area (Å²) < 4.78 is 10.4. The van der Waals surface area contributed by atoms with Gasteiger partial charge < -0.3 is 19.8 Å². The molecule has 0 radical (unpaired) electrons. The van der Waals surface area contributed by atoms with Gasteiger partial charge in [0, 0.05) is 12.4 Å². The van der Waals surface area contributed by atoms with Crippen molar-refractivity contribution in [2.45, 2.75) is 6.54 Å². The molecule has 2 aromatic heterocycles. The Kier molecular flexibility index (Phi) is 4.71. The molecule has 0 atom stereocenters. The predicted octanol–water partition coefficient (Wildman–Crippen LogP) is 2.94. The minimum Gasteiger partial charge on any atom is -0.495 e. The van der Waals surface area contributed by atoms with Crippen LogP contribution in [0.2, 0.25) is 0 Å². The number of nitrogens with zero attached hydrogens (tertiary/aromatic N) is 2. The minimum absolute atomic E-state index is 0.308. The monoisotopic (exact) mass is 324 g/mol. The van der Waals surface area contributed by atoms with Crippen LogP contribution in [0.5, 0.6) is 5.75 Å². The maximum Gasteiger partial charge on any atom is 0.258 e. The Bertz CT molecular complexity index is 801. The molecule has 2 heterocycles. The Labute approximate surface area is 138 Å². The van der Waals surface area contributed by atoms with Gasteiger partial charge in [-0.3, -0.25) is 4.79 Å². The zero-order chi connectivity index (χ0) is 16.8. The molecule has 0 bridgehead atoms. The molecule has 1 amide bonds. The van der Waals surface area contributed by atoms with E-state index in [9.17, 15) is 4.79 Å². The molecule has 0 aliphatic heterocycles. The Morgan fingerprint density at radius 3 is 2.67 bits per heavy atom. The van der Waals surface area contributed by atoms with Crippen molar-refractivity contribution < 1.29 is 13.9 Å². The van der Waals surface area contributed by atoms with E-state index in [1.807, 2.05) is 24.3 Å². The number of anilines is 2. The number of amides is 1. The highest BCUT2D eigenvalue weighted by atomic mass is 16.5. The van der Waals surface area contributed by atoms with Gasteiger partial charge >= 0.3 is 0 Å². The number of furan rings is 1. The van der Waals surface area contributed by atoms with Crippen molar-refractivity contribution in [2.75, 3.05) is 17.7 Å². The van der Waals surface area contributed by atoms with Crippen molar-refractivity contribution in [3.8, 4) is 5.75 Å². The summed E-state index contributed by atoms with van der Waals surface area (Å²) in [6, 6.07) is 10.8. The fourth-order valence-corrected chi connectivity index (χ4v) is 2.06. The summed E-state index contributed by atoms with van der Waals surface area (Å²) in [6.07, 6.45) is 4.52. The lowest BCUT2D eigenvalue weighted by Crippen LogP contribution is -2.14. The van der Waals surface area contributed by atoms with Crippen molar-refractivity contribution in [2.24, 2.45) is 0 Å². The highest BCUT2D eigenvalue weighted by Gasteiger charge is 2.10. The van der Waals surface area contributed by atoms with Gasteiger partial charge in [-0.1, -0.05) is 12.1 Å². The molecule has 0 saturated heterocycles. The number of carbonyl (C=O) groups is 1. The molecule has 24 heavy (non-hydrogen) atoms. The highest BCUT2D eigenvalue weighted by molar-refractivity contribution is 6.04. The standard InChI is InChI=1S/C17H16N4O3/c1-23-15-7-3-2-6-14(15)21-16(22)12-9-18-17(19-10-12)20-11-13-5-4-8-24-13/h2-10H,11H2,1H3,(H,21,22)(H,18,19,20). The maximum atomic E-state index is 12.3. The third kappa shape index (κ3) is 3.70. The van der Waals surface area contributed by atoms with Crippen LogP contribution in [0.3, 0.4) is 0 Å². The first-order chi connectivity index (χ1) is 11.8. The molecular formula is C17H16N4O3. The average Bonchev–Trinajstić information content (AvgIpc) is 3.14.